The minimum Gasteiger partial charge on any atom is -0.504 e. The Labute approximate surface area is 174 Å². The number of methoxy groups -OCH3 is 1. The van der Waals surface area contributed by atoms with Crippen molar-refractivity contribution in [2.24, 2.45) is 4.99 Å². The van der Waals surface area contributed by atoms with Crippen molar-refractivity contribution >= 4 is 22.6 Å². The van der Waals surface area contributed by atoms with Crippen LogP contribution in [0.25, 0.3) is 0 Å². The molecule has 0 aliphatic carbocycles. The van der Waals surface area contributed by atoms with E-state index in [1.54, 1.807) is 35.8 Å². The Morgan fingerprint density at radius 3 is 2.83 bits per heavy atom. The average Bonchev–Trinajstić information content (AvgIpc) is 3.10. The Balaban J connectivity index is 1.57. The number of nitrogens with zero attached hydrogens (tertiary/aromatic N) is 3. The van der Waals surface area contributed by atoms with Crippen molar-refractivity contribution in [3.8, 4) is 17.6 Å². The Kier molecular flexibility index (Phi) is 5.61. The van der Waals surface area contributed by atoms with Gasteiger partial charge in [-0.15, -0.1) is 11.3 Å². The number of rotatable bonds is 5. The van der Waals surface area contributed by atoms with Crippen molar-refractivity contribution in [1.82, 2.24) is 4.90 Å². The maximum Gasteiger partial charge on any atom is 0.166 e. The van der Waals surface area contributed by atoms with Crippen molar-refractivity contribution < 1.29 is 9.84 Å². The number of nitriles is 1. The standard InChI is InChI=1S/C23H21N3O2S/c1-28-20-9-5-8-17(22(20)27)13-25-23-19(12-24)18-10-11-26(15-21(18)29-23)14-16-6-3-2-4-7-16/h2-9,13,27H,10-11,14-15H2,1H3. The van der Waals surface area contributed by atoms with E-state index in [2.05, 4.69) is 40.2 Å². The van der Waals surface area contributed by atoms with E-state index in [4.69, 9.17) is 4.74 Å². The lowest BCUT2D eigenvalue weighted by molar-refractivity contribution is 0.249. The van der Waals surface area contributed by atoms with Gasteiger partial charge in [-0.25, -0.2) is 4.99 Å². The molecule has 0 saturated heterocycles. The van der Waals surface area contributed by atoms with Crippen LogP contribution in [-0.4, -0.2) is 29.9 Å². The Morgan fingerprint density at radius 1 is 1.24 bits per heavy atom. The molecule has 0 atom stereocenters. The van der Waals surface area contributed by atoms with Gasteiger partial charge in [-0.05, 0) is 29.7 Å². The van der Waals surface area contributed by atoms with Gasteiger partial charge in [0.15, 0.2) is 11.5 Å². The number of para-hydroxylation sites is 1. The number of thiophene rings is 1. The van der Waals surface area contributed by atoms with Crippen LogP contribution in [-0.2, 0) is 19.5 Å². The monoisotopic (exact) mass is 403 g/mol. The molecule has 6 heteroatoms. The van der Waals surface area contributed by atoms with Gasteiger partial charge in [0.2, 0.25) is 0 Å². The second-order valence-electron chi connectivity index (χ2n) is 6.90. The van der Waals surface area contributed by atoms with E-state index in [9.17, 15) is 10.4 Å². The molecule has 0 spiro atoms. The van der Waals surface area contributed by atoms with Gasteiger partial charge in [-0.2, -0.15) is 5.26 Å². The predicted molar refractivity (Wildman–Crippen MR) is 115 cm³/mol. The first-order valence-electron chi connectivity index (χ1n) is 9.40. The smallest absolute Gasteiger partial charge is 0.166 e. The molecule has 0 fully saturated rings. The Hall–Kier alpha value is -3.14. The number of ether oxygens (including phenoxy) is 1. The molecule has 0 radical (unpaired) electrons. The van der Waals surface area contributed by atoms with Gasteiger partial charge in [0, 0.05) is 36.3 Å². The van der Waals surface area contributed by atoms with Crippen LogP contribution in [0.2, 0.25) is 0 Å². The first-order chi connectivity index (χ1) is 14.2. The summed E-state index contributed by atoms with van der Waals surface area (Å²) in [6, 6.07) is 18.0. The van der Waals surface area contributed by atoms with Crippen LogP contribution < -0.4 is 4.74 Å². The van der Waals surface area contributed by atoms with Gasteiger partial charge in [0.25, 0.3) is 0 Å². The number of benzene rings is 2. The SMILES string of the molecule is COc1cccc(C=Nc2sc3c(c2C#N)CCN(Cc2ccccc2)C3)c1O. The normalized spacial score (nSPS) is 13.9. The number of phenols is 1. The third-order valence-corrected chi connectivity index (χ3v) is 6.17. The van der Waals surface area contributed by atoms with Crippen LogP contribution in [0.5, 0.6) is 11.5 Å². The van der Waals surface area contributed by atoms with E-state index >= 15 is 0 Å². The summed E-state index contributed by atoms with van der Waals surface area (Å²) >= 11 is 1.56. The molecular weight excluding hydrogens is 382 g/mol. The first kappa shape index (κ1) is 19.2. The lowest BCUT2D eigenvalue weighted by Gasteiger charge is -2.26. The number of aliphatic imine (C=N–C) groups is 1. The molecule has 0 saturated carbocycles. The molecule has 2 heterocycles. The molecule has 0 unspecified atom stereocenters. The third-order valence-electron chi connectivity index (χ3n) is 5.05. The summed E-state index contributed by atoms with van der Waals surface area (Å²) in [4.78, 5) is 8.13. The van der Waals surface area contributed by atoms with E-state index < -0.39 is 0 Å². The fraction of sp³-hybridized carbons (Fsp3) is 0.217. The molecule has 146 valence electrons. The molecule has 0 amide bonds. The number of phenolic OH excluding ortho intramolecular Hbond substituents is 1. The topological polar surface area (TPSA) is 68.8 Å². The van der Waals surface area contributed by atoms with Crippen LogP contribution in [0, 0.1) is 11.3 Å². The Bertz CT molecular complexity index is 1080. The zero-order chi connectivity index (χ0) is 20.2. The molecule has 0 bridgehead atoms. The number of hydrogen-bond donors (Lipinski definition) is 1. The highest BCUT2D eigenvalue weighted by molar-refractivity contribution is 7.16. The number of fused-ring (bicyclic) bond motifs is 1. The van der Waals surface area contributed by atoms with Gasteiger partial charge < -0.3 is 9.84 Å². The first-order valence-corrected chi connectivity index (χ1v) is 10.2. The largest absolute Gasteiger partial charge is 0.504 e. The van der Waals surface area contributed by atoms with Gasteiger partial charge in [-0.1, -0.05) is 36.4 Å². The summed E-state index contributed by atoms with van der Waals surface area (Å²) in [6.07, 6.45) is 2.44. The van der Waals surface area contributed by atoms with Crippen LogP contribution in [0.3, 0.4) is 0 Å². The van der Waals surface area contributed by atoms with Crippen LogP contribution in [0.1, 0.15) is 27.1 Å². The van der Waals surface area contributed by atoms with E-state index in [0.29, 0.717) is 21.9 Å². The molecule has 1 aliphatic heterocycles. The number of aromatic hydroxyl groups is 1. The Morgan fingerprint density at radius 2 is 2.07 bits per heavy atom. The van der Waals surface area contributed by atoms with E-state index in [-0.39, 0.29) is 5.75 Å². The summed E-state index contributed by atoms with van der Waals surface area (Å²) in [5, 5.41) is 20.6. The minimum absolute atomic E-state index is 0.0487. The highest BCUT2D eigenvalue weighted by Crippen LogP contribution is 2.39. The lowest BCUT2D eigenvalue weighted by atomic mass is 10.0. The van der Waals surface area contributed by atoms with Gasteiger partial charge >= 0.3 is 0 Å². The molecule has 4 rings (SSSR count). The van der Waals surface area contributed by atoms with Crippen LogP contribution >= 0.6 is 11.3 Å². The van der Waals surface area contributed by atoms with Crippen molar-refractivity contribution in [3.05, 3.63) is 75.7 Å². The summed E-state index contributed by atoms with van der Waals surface area (Å²) in [5.74, 6) is 0.448. The molecule has 1 aromatic heterocycles. The molecule has 5 nitrogen and oxygen atoms in total. The molecule has 1 aliphatic rings. The molecule has 1 N–H and O–H groups in total. The molecule has 29 heavy (non-hydrogen) atoms. The third kappa shape index (κ3) is 4.02. The van der Waals surface area contributed by atoms with Gasteiger partial charge in [0.1, 0.15) is 11.1 Å². The highest BCUT2D eigenvalue weighted by Gasteiger charge is 2.24. The summed E-state index contributed by atoms with van der Waals surface area (Å²) in [5.41, 5.74) is 3.62. The predicted octanol–water partition coefficient (Wildman–Crippen LogP) is 4.64. The van der Waals surface area contributed by atoms with Crippen molar-refractivity contribution in [2.75, 3.05) is 13.7 Å². The maximum absolute atomic E-state index is 10.2. The quantitative estimate of drug-likeness (QED) is 0.630. The summed E-state index contributed by atoms with van der Waals surface area (Å²) < 4.78 is 5.14. The van der Waals surface area contributed by atoms with Crippen LogP contribution in [0.15, 0.2) is 53.5 Å². The second-order valence-corrected chi connectivity index (χ2v) is 7.98. The van der Waals surface area contributed by atoms with E-state index in [1.165, 1.54) is 17.6 Å². The van der Waals surface area contributed by atoms with Gasteiger partial charge in [0.05, 0.1) is 12.7 Å². The van der Waals surface area contributed by atoms with E-state index in [1.807, 2.05) is 6.07 Å². The van der Waals surface area contributed by atoms with Crippen molar-refractivity contribution in [3.63, 3.8) is 0 Å². The summed E-state index contributed by atoms with van der Waals surface area (Å²) in [6.45, 7) is 2.65. The zero-order valence-electron chi connectivity index (χ0n) is 16.1. The van der Waals surface area contributed by atoms with E-state index in [0.717, 1.165) is 31.6 Å². The fourth-order valence-electron chi connectivity index (χ4n) is 3.56. The van der Waals surface area contributed by atoms with Crippen molar-refractivity contribution in [1.29, 1.82) is 5.26 Å². The fourth-order valence-corrected chi connectivity index (χ4v) is 4.75. The van der Waals surface area contributed by atoms with Crippen molar-refractivity contribution in [2.45, 2.75) is 19.5 Å². The molecule has 2 aromatic carbocycles. The second kappa shape index (κ2) is 8.48. The zero-order valence-corrected chi connectivity index (χ0v) is 16.9. The number of hydrogen-bond acceptors (Lipinski definition) is 6. The minimum atomic E-state index is 0.0487. The lowest BCUT2D eigenvalue weighted by Crippen LogP contribution is -2.29. The average molecular weight is 404 g/mol. The molecule has 3 aromatic rings. The van der Waals surface area contributed by atoms with Gasteiger partial charge in [-0.3, -0.25) is 4.90 Å². The van der Waals surface area contributed by atoms with Crippen LogP contribution in [0.4, 0.5) is 5.00 Å². The maximum atomic E-state index is 10.2. The molecular formula is C23H21N3O2S. The summed E-state index contributed by atoms with van der Waals surface area (Å²) in [7, 11) is 1.51. The highest BCUT2D eigenvalue weighted by atomic mass is 32.1.